The number of aryl methyl sites for hydroxylation is 1. The molecule has 3 N–H and O–H groups in total. The second-order valence-corrected chi connectivity index (χ2v) is 7.92. The smallest absolute Gasteiger partial charge is 0.317 e. The number of rotatable bonds is 5. The lowest BCUT2D eigenvalue weighted by atomic mass is 9.96. The second-order valence-electron chi connectivity index (χ2n) is 6.52. The van der Waals surface area contributed by atoms with E-state index in [1.807, 2.05) is 0 Å². The van der Waals surface area contributed by atoms with Crippen LogP contribution < -0.4 is 5.73 Å². The summed E-state index contributed by atoms with van der Waals surface area (Å²) in [6, 6.07) is 8.39. The fourth-order valence-electron chi connectivity index (χ4n) is 3.28. The van der Waals surface area contributed by atoms with Gasteiger partial charge in [-0.25, -0.2) is 13.4 Å². The summed E-state index contributed by atoms with van der Waals surface area (Å²) in [5, 5.41) is 7.67. The van der Waals surface area contributed by atoms with Gasteiger partial charge < -0.3 is 24.9 Å². The molecule has 1 aliphatic heterocycles. The van der Waals surface area contributed by atoms with Gasteiger partial charge in [0.1, 0.15) is 21.7 Å². The highest BCUT2D eigenvalue weighted by Gasteiger charge is 2.24. The number of nitrogens with two attached hydrogens (primary N) is 1. The number of hydrogen-bond donors (Lipinski definition) is 2. The lowest BCUT2D eigenvalue weighted by Crippen LogP contribution is -2.36. The SMILES string of the molecule is Cn1c(C2CCN(CCN)CC2)nc2ccccc21.O=C(O)CS(=O)(=O)[O-]. The number of aliphatic carboxylic acids is 1. The van der Waals surface area contributed by atoms with Gasteiger partial charge in [-0.1, -0.05) is 12.1 Å². The first kappa shape index (κ1) is 21.3. The quantitative estimate of drug-likeness (QED) is 0.687. The van der Waals surface area contributed by atoms with Crippen molar-refractivity contribution in [2.75, 3.05) is 31.9 Å². The van der Waals surface area contributed by atoms with Crippen LogP contribution in [0.1, 0.15) is 24.6 Å². The molecule has 0 saturated carbocycles. The second kappa shape index (κ2) is 9.27. The number of imidazole rings is 1. The molecule has 0 aliphatic carbocycles. The van der Waals surface area contributed by atoms with E-state index >= 15 is 0 Å². The molecule has 0 spiro atoms. The molecule has 0 atom stereocenters. The number of nitrogens with zero attached hydrogens (tertiary/aromatic N) is 3. The van der Waals surface area contributed by atoms with Crippen LogP contribution in [0.5, 0.6) is 0 Å². The first-order valence-electron chi connectivity index (χ1n) is 8.70. The Hall–Kier alpha value is -2.01. The van der Waals surface area contributed by atoms with Crippen molar-refractivity contribution in [3.63, 3.8) is 0 Å². The molecule has 9 nitrogen and oxygen atoms in total. The van der Waals surface area contributed by atoms with Crippen LogP contribution in [0.3, 0.4) is 0 Å². The Kier molecular flexibility index (Phi) is 7.31. The van der Waals surface area contributed by atoms with E-state index in [4.69, 9.17) is 15.8 Å². The number of piperidine rings is 1. The molecule has 150 valence electrons. The molecule has 0 radical (unpaired) electrons. The van der Waals surface area contributed by atoms with Crippen molar-refractivity contribution in [2.24, 2.45) is 12.8 Å². The van der Waals surface area contributed by atoms with Crippen LogP contribution in [-0.2, 0) is 22.0 Å². The van der Waals surface area contributed by atoms with Crippen molar-refractivity contribution < 1.29 is 22.9 Å². The summed E-state index contributed by atoms with van der Waals surface area (Å²) in [4.78, 5) is 16.7. The third kappa shape index (κ3) is 6.28. The van der Waals surface area contributed by atoms with Crippen molar-refractivity contribution in [1.82, 2.24) is 14.5 Å². The molecule has 3 rings (SSSR count). The number of fused-ring (bicyclic) bond motifs is 1. The van der Waals surface area contributed by atoms with E-state index < -0.39 is 21.8 Å². The van der Waals surface area contributed by atoms with Crippen molar-refractivity contribution >= 4 is 27.1 Å². The van der Waals surface area contributed by atoms with Gasteiger partial charge in [0.2, 0.25) is 0 Å². The average molecular weight is 397 g/mol. The van der Waals surface area contributed by atoms with Crippen LogP contribution in [0.15, 0.2) is 24.3 Å². The topological polar surface area (TPSA) is 142 Å². The minimum Gasteiger partial charge on any atom is -0.748 e. The average Bonchev–Trinajstić information content (AvgIpc) is 2.92. The van der Waals surface area contributed by atoms with Crippen molar-refractivity contribution in [1.29, 1.82) is 0 Å². The lowest BCUT2D eigenvalue weighted by Gasteiger charge is -2.31. The Morgan fingerprint density at radius 1 is 1.33 bits per heavy atom. The van der Waals surface area contributed by atoms with Gasteiger partial charge in [-0.2, -0.15) is 0 Å². The number of carboxylic acids is 1. The molecular formula is C17H25N4O5S-. The van der Waals surface area contributed by atoms with Crippen LogP contribution in [-0.4, -0.2) is 70.4 Å². The Labute approximate surface area is 158 Å². The molecule has 2 heterocycles. The third-order valence-corrected chi connectivity index (χ3v) is 5.12. The van der Waals surface area contributed by atoms with E-state index in [1.165, 1.54) is 24.2 Å². The Balaban J connectivity index is 0.000000279. The summed E-state index contributed by atoms with van der Waals surface area (Å²) in [5.74, 6) is -1.13. The molecule has 10 heteroatoms. The van der Waals surface area contributed by atoms with Crippen LogP contribution in [0.2, 0.25) is 0 Å². The monoisotopic (exact) mass is 397 g/mol. The zero-order valence-corrected chi connectivity index (χ0v) is 16.1. The first-order valence-corrected chi connectivity index (χ1v) is 10.3. The zero-order valence-electron chi connectivity index (χ0n) is 15.2. The number of benzene rings is 1. The number of carbonyl (C=O) groups is 1. The molecular weight excluding hydrogens is 372 g/mol. The maximum atomic E-state index is 9.51. The molecule has 2 aromatic rings. The Morgan fingerprint density at radius 2 is 1.96 bits per heavy atom. The standard InChI is InChI=1S/C15H22N4.C2H4O5S/c1-18-14-5-3-2-4-13(14)17-15(18)12-6-9-19(10-7-12)11-8-16;3-2(4)1-8(5,6)7/h2-5,12H,6-11,16H2,1H3;1H2,(H,3,4)(H,5,6,7)/p-1. The molecule has 1 aromatic carbocycles. The normalized spacial score (nSPS) is 16.1. The van der Waals surface area contributed by atoms with Crippen LogP contribution in [0.25, 0.3) is 11.0 Å². The highest BCUT2D eigenvalue weighted by Crippen LogP contribution is 2.29. The van der Waals surface area contributed by atoms with Gasteiger partial charge in [-0.15, -0.1) is 0 Å². The maximum Gasteiger partial charge on any atom is 0.317 e. The van der Waals surface area contributed by atoms with Gasteiger partial charge in [0.25, 0.3) is 0 Å². The van der Waals surface area contributed by atoms with E-state index in [2.05, 4.69) is 40.8 Å². The predicted molar refractivity (Wildman–Crippen MR) is 100 cm³/mol. The van der Waals surface area contributed by atoms with Crippen molar-refractivity contribution in [2.45, 2.75) is 18.8 Å². The summed E-state index contributed by atoms with van der Waals surface area (Å²) in [6.45, 7) is 4.07. The van der Waals surface area contributed by atoms with Gasteiger partial charge in [0.15, 0.2) is 0 Å². The highest BCUT2D eigenvalue weighted by molar-refractivity contribution is 7.86. The molecule has 1 aliphatic rings. The number of carboxylic acid groups (broad SMARTS) is 1. The highest BCUT2D eigenvalue weighted by atomic mass is 32.2. The number of hydrogen-bond acceptors (Lipinski definition) is 7. The number of para-hydroxylation sites is 2. The van der Waals surface area contributed by atoms with Crippen LogP contribution >= 0.6 is 0 Å². The number of likely N-dealkylation sites (tertiary alicyclic amines) is 1. The van der Waals surface area contributed by atoms with Gasteiger partial charge >= 0.3 is 5.97 Å². The predicted octanol–water partition coefficient (Wildman–Crippen LogP) is 0.328. The zero-order chi connectivity index (χ0) is 20.0. The van der Waals surface area contributed by atoms with Gasteiger partial charge in [0, 0.05) is 26.1 Å². The van der Waals surface area contributed by atoms with Crippen molar-refractivity contribution in [3.05, 3.63) is 30.1 Å². The minimum absolute atomic E-state index is 0.589. The summed E-state index contributed by atoms with van der Waals surface area (Å²) in [5.41, 5.74) is 7.98. The van der Waals surface area contributed by atoms with Gasteiger partial charge in [-0.3, -0.25) is 4.79 Å². The fourth-order valence-corrected chi connectivity index (χ4v) is 3.58. The molecule has 1 saturated heterocycles. The summed E-state index contributed by atoms with van der Waals surface area (Å²) in [6.07, 6.45) is 2.38. The van der Waals surface area contributed by atoms with Crippen molar-refractivity contribution in [3.8, 4) is 0 Å². The summed E-state index contributed by atoms with van der Waals surface area (Å²) in [7, 11) is -2.44. The summed E-state index contributed by atoms with van der Waals surface area (Å²) < 4.78 is 30.8. The van der Waals surface area contributed by atoms with Crippen LogP contribution in [0.4, 0.5) is 0 Å². The Bertz CT molecular complexity index is 873. The van der Waals surface area contributed by atoms with E-state index in [-0.39, 0.29) is 0 Å². The van der Waals surface area contributed by atoms with Gasteiger partial charge in [0.05, 0.1) is 11.0 Å². The van der Waals surface area contributed by atoms with E-state index in [1.54, 1.807) is 0 Å². The molecule has 0 bridgehead atoms. The molecule has 0 unspecified atom stereocenters. The maximum absolute atomic E-state index is 9.51. The van der Waals surface area contributed by atoms with E-state index in [0.717, 1.165) is 31.7 Å². The number of aromatic nitrogens is 2. The van der Waals surface area contributed by atoms with Crippen LogP contribution in [0, 0.1) is 0 Å². The minimum atomic E-state index is -4.57. The molecule has 27 heavy (non-hydrogen) atoms. The van der Waals surface area contributed by atoms with Gasteiger partial charge in [-0.05, 0) is 38.1 Å². The van der Waals surface area contributed by atoms with E-state index in [0.29, 0.717) is 5.92 Å². The van der Waals surface area contributed by atoms with E-state index in [9.17, 15) is 17.8 Å². The Morgan fingerprint density at radius 3 is 2.44 bits per heavy atom. The third-order valence-electron chi connectivity index (χ3n) is 4.52. The largest absolute Gasteiger partial charge is 0.748 e. The first-order chi connectivity index (χ1) is 12.7. The summed E-state index contributed by atoms with van der Waals surface area (Å²) >= 11 is 0. The lowest BCUT2D eigenvalue weighted by molar-refractivity contribution is -0.134. The molecule has 1 aromatic heterocycles. The molecule has 0 amide bonds. The fraction of sp³-hybridized carbons (Fsp3) is 0.529. The molecule has 1 fully saturated rings.